The predicted octanol–water partition coefficient (Wildman–Crippen LogP) is 2.60. The van der Waals surface area contributed by atoms with E-state index in [0.717, 1.165) is 12.8 Å². The number of hydrogen-bond acceptors (Lipinski definition) is 2. The fraction of sp³-hybridized carbons (Fsp3) is 0.867. The molecule has 2 N–H and O–H groups in total. The molecule has 0 aromatic carbocycles. The van der Waals surface area contributed by atoms with Crippen LogP contribution in [0.2, 0.25) is 0 Å². The molecule has 2 amide bonds. The highest BCUT2D eigenvalue weighted by Gasteiger charge is 2.32. The second kappa shape index (κ2) is 6.95. The van der Waals surface area contributed by atoms with Gasteiger partial charge in [-0.2, -0.15) is 0 Å². The number of nitrogens with zero attached hydrogens (tertiary/aromatic N) is 1. The third kappa shape index (κ3) is 3.87. The van der Waals surface area contributed by atoms with Gasteiger partial charge in [-0.1, -0.05) is 25.7 Å². The van der Waals surface area contributed by atoms with Crippen LogP contribution in [-0.4, -0.2) is 40.6 Å². The number of aliphatic carboxylic acids is 1. The zero-order chi connectivity index (χ0) is 14.5. The predicted molar refractivity (Wildman–Crippen MR) is 76.5 cm³/mol. The Balaban J connectivity index is 1.84. The van der Waals surface area contributed by atoms with E-state index in [1.54, 1.807) is 0 Å². The molecule has 0 spiro atoms. The van der Waals surface area contributed by atoms with Crippen molar-refractivity contribution in [1.29, 1.82) is 0 Å². The van der Waals surface area contributed by atoms with E-state index in [1.165, 1.54) is 25.7 Å². The Morgan fingerprint density at radius 2 is 1.75 bits per heavy atom. The number of piperidine rings is 1. The van der Waals surface area contributed by atoms with E-state index in [0.29, 0.717) is 25.4 Å². The first-order valence-corrected chi connectivity index (χ1v) is 7.88. The quantitative estimate of drug-likeness (QED) is 0.765. The Labute approximate surface area is 120 Å². The van der Waals surface area contributed by atoms with Crippen LogP contribution in [-0.2, 0) is 4.79 Å². The van der Waals surface area contributed by atoms with E-state index >= 15 is 0 Å². The third-order valence-electron chi connectivity index (χ3n) is 4.67. The van der Waals surface area contributed by atoms with Crippen molar-refractivity contribution in [1.82, 2.24) is 10.2 Å². The molecule has 2 atom stereocenters. The molecule has 0 aromatic rings. The molecule has 1 aliphatic heterocycles. The van der Waals surface area contributed by atoms with Crippen LogP contribution < -0.4 is 5.32 Å². The Bertz CT molecular complexity index is 351. The zero-order valence-corrected chi connectivity index (χ0v) is 12.3. The standard InChI is InChI=1S/C15H26N2O3/c1-11-10-12(14(18)19)8-9-17(11)15(20)16-13-6-4-2-3-5-7-13/h11-13H,2-10H2,1H3,(H,16,20)(H,18,19). The molecule has 1 aliphatic carbocycles. The molecular formula is C15H26N2O3. The van der Waals surface area contributed by atoms with Crippen LogP contribution >= 0.6 is 0 Å². The fourth-order valence-corrected chi connectivity index (χ4v) is 3.38. The maximum Gasteiger partial charge on any atom is 0.317 e. The largest absolute Gasteiger partial charge is 0.481 e. The van der Waals surface area contributed by atoms with Gasteiger partial charge in [-0.15, -0.1) is 0 Å². The van der Waals surface area contributed by atoms with Gasteiger partial charge in [0.15, 0.2) is 0 Å². The minimum Gasteiger partial charge on any atom is -0.481 e. The van der Waals surface area contributed by atoms with E-state index in [9.17, 15) is 9.59 Å². The lowest BCUT2D eigenvalue weighted by atomic mass is 9.92. The number of carboxylic acid groups (broad SMARTS) is 1. The molecule has 1 heterocycles. The fourth-order valence-electron chi connectivity index (χ4n) is 3.38. The highest BCUT2D eigenvalue weighted by Crippen LogP contribution is 2.24. The Hall–Kier alpha value is -1.26. The summed E-state index contributed by atoms with van der Waals surface area (Å²) >= 11 is 0. The molecule has 0 bridgehead atoms. The van der Waals surface area contributed by atoms with E-state index in [-0.39, 0.29) is 18.0 Å². The van der Waals surface area contributed by atoms with Gasteiger partial charge in [0.1, 0.15) is 0 Å². The van der Waals surface area contributed by atoms with E-state index < -0.39 is 5.97 Å². The smallest absolute Gasteiger partial charge is 0.317 e. The third-order valence-corrected chi connectivity index (χ3v) is 4.67. The van der Waals surface area contributed by atoms with Crippen LogP contribution in [0.15, 0.2) is 0 Å². The number of amides is 2. The summed E-state index contributed by atoms with van der Waals surface area (Å²) < 4.78 is 0. The highest BCUT2D eigenvalue weighted by molar-refractivity contribution is 5.76. The number of hydrogen-bond donors (Lipinski definition) is 2. The molecule has 114 valence electrons. The van der Waals surface area contributed by atoms with E-state index in [1.807, 2.05) is 11.8 Å². The molecule has 2 unspecified atom stereocenters. The molecule has 1 saturated carbocycles. The van der Waals surface area contributed by atoms with Gasteiger partial charge in [-0.3, -0.25) is 4.79 Å². The number of carbonyl (C=O) groups is 2. The Morgan fingerprint density at radius 1 is 1.10 bits per heavy atom. The van der Waals surface area contributed by atoms with Crippen molar-refractivity contribution < 1.29 is 14.7 Å². The van der Waals surface area contributed by atoms with Gasteiger partial charge >= 0.3 is 12.0 Å². The van der Waals surface area contributed by atoms with Crippen molar-refractivity contribution in [2.24, 2.45) is 5.92 Å². The molecule has 2 fully saturated rings. The molecule has 0 aromatic heterocycles. The summed E-state index contributed by atoms with van der Waals surface area (Å²) in [6, 6.07) is 0.304. The van der Waals surface area contributed by atoms with Crippen molar-refractivity contribution in [2.75, 3.05) is 6.54 Å². The van der Waals surface area contributed by atoms with Crippen LogP contribution in [0.1, 0.15) is 58.3 Å². The summed E-state index contributed by atoms with van der Waals surface area (Å²) in [4.78, 5) is 25.2. The number of rotatable bonds is 2. The van der Waals surface area contributed by atoms with Gasteiger partial charge in [-0.05, 0) is 32.6 Å². The number of likely N-dealkylation sites (tertiary alicyclic amines) is 1. The lowest BCUT2D eigenvalue weighted by Gasteiger charge is -2.37. The van der Waals surface area contributed by atoms with Crippen LogP contribution in [0.4, 0.5) is 4.79 Å². The molecular weight excluding hydrogens is 256 g/mol. The van der Waals surface area contributed by atoms with Crippen molar-refractivity contribution >= 4 is 12.0 Å². The number of nitrogens with one attached hydrogen (secondary N) is 1. The Kier molecular flexibility index (Phi) is 5.26. The van der Waals surface area contributed by atoms with Gasteiger partial charge in [0, 0.05) is 18.6 Å². The SMILES string of the molecule is CC1CC(C(=O)O)CCN1C(=O)NC1CCCCCC1. The van der Waals surface area contributed by atoms with Crippen LogP contribution in [0.5, 0.6) is 0 Å². The first kappa shape index (κ1) is 15.1. The first-order chi connectivity index (χ1) is 9.58. The summed E-state index contributed by atoms with van der Waals surface area (Å²) in [6.07, 6.45) is 8.21. The van der Waals surface area contributed by atoms with Gasteiger partial charge in [-0.25, -0.2) is 4.79 Å². The van der Waals surface area contributed by atoms with Crippen LogP contribution in [0.25, 0.3) is 0 Å². The van der Waals surface area contributed by atoms with Crippen molar-refractivity contribution in [3.63, 3.8) is 0 Å². The minimum atomic E-state index is -0.735. The first-order valence-electron chi connectivity index (χ1n) is 7.88. The van der Waals surface area contributed by atoms with Crippen molar-refractivity contribution in [3.8, 4) is 0 Å². The lowest BCUT2D eigenvalue weighted by molar-refractivity contribution is -0.143. The lowest BCUT2D eigenvalue weighted by Crippen LogP contribution is -2.52. The number of carboxylic acids is 1. The molecule has 20 heavy (non-hydrogen) atoms. The highest BCUT2D eigenvalue weighted by atomic mass is 16.4. The maximum absolute atomic E-state index is 12.3. The second-order valence-corrected chi connectivity index (χ2v) is 6.24. The van der Waals surface area contributed by atoms with Crippen molar-refractivity contribution in [3.05, 3.63) is 0 Å². The maximum atomic E-state index is 12.3. The van der Waals surface area contributed by atoms with Gasteiger partial charge < -0.3 is 15.3 Å². The minimum absolute atomic E-state index is 0.00626. The molecule has 2 aliphatic rings. The average molecular weight is 282 g/mol. The molecule has 5 heteroatoms. The van der Waals surface area contributed by atoms with E-state index in [4.69, 9.17) is 5.11 Å². The monoisotopic (exact) mass is 282 g/mol. The van der Waals surface area contributed by atoms with Crippen LogP contribution in [0, 0.1) is 5.92 Å². The molecule has 1 saturated heterocycles. The summed E-state index contributed by atoms with van der Waals surface area (Å²) in [5, 5.41) is 12.2. The molecule has 5 nitrogen and oxygen atoms in total. The van der Waals surface area contributed by atoms with Gasteiger partial charge in [0.05, 0.1) is 5.92 Å². The number of urea groups is 1. The van der Waals surface area contributed by atoms with Gasteiger partial charge in [0.25, 0.3) is 0 Å². The molecule has 0 radical (unpaired) electrons. The molecule has 2 rings (SSSR count). The second-order valence-electron chi connectivity index (χ2n) is 6.24. The average Bonchev–Trinajstić information content (AvgIpc) is 2.67. The van der Waals surface area contributed by atoms with E-state index in [2.05, 4.69) is 5.32 Å². The Morgan fingerprint density at radius 3 is 2.30 bits per heavy atom. The van der Waals surface area contributed by atoms with Crippen LogP contribution in [0.3, 0.4) is 0 Å². The van der Waals surface area contributed by atoms with Gasteiger partial charge in [0.2, 0.25) is 0 Å². The zero-order valence-electron chi connectivity index (χ0n) is 12.3. The normalized spacial score (nSPS) is 28.8. The summed E-state index contributed by atoms with van der Waals surface area (Å²) in [7, 11) is 0. The summed E-state index contributed by atoms with van der Waals surface area (Å²) in [6.45, 7) is 2.50. The topological polar surface area (TPSA) is 69.6 Å². The summed E-state index contributed by atoms with van der Waals surface area (Å²) in [5.74, 6) is -1.03. The van der Waals surface area contributed by atoms with Crippen molar-refractivity contribution in [2.45, 2.75) is 70.4 Å². The number of carbonyl (C=O) groups excluding carboxylic acids is 1. The summed E-state index contributed by atoms with van der Waals surface area (Å²) in [5.41, 5.74) is 0.